The second kappa shape index (κ2) is 4.08. The molecule has 1 heterocycles. The molecule has 0 aliphatic heterocycles. The fourth-order valence-corrected chi connectivity index (χ4v) is 2.89. The number of carboxylic acids is 1. The maximum atomic E-state index is 11.7. The topological polar surface area (TPSA) is 50.2 Å². The van der Waals surface area contributed by atoms with E-state index in [1.54, 1.807) is 6.20 Å². The minimum atomic E-state index is -0.701. The second-order valence-electron chi connectivity index (χ2n) is 6.24. The van der Waals surface area contributed by atoms with E-state index in [0.717, 1.165) is 24.1 Å². The summed E-state index contributed by atoms with van der Waals surface area (Å²) in [6.07, 6.45) is 3.40. The molecule has 2 unspecified atom stereocenters. The standard InChI is InChI=1S/C15H21NO2/c1-5-10-9-15(10,13(17)18)11-7-6-8-16-12(11)14(2,3)4/h6-8,10H,5,9H2,1-4H3,(H,17,18). The third kappa shape index (κ3) is 1.82. The molecule has 0 radical (unpaired) electrons. The van der Waals surface area contributed by atoms with E-state index in [0.29, 0.717) is 0 Å². The quantitative estimate of drug-likeness (QED) is 0.892. The second-order valence-corrected chi connectivity index (χ2v) is 6.24. The number of carbonyl (C=O) groups is 1. The van der Waals surface area contributed by atoms with Crippen LogP contribution in [0.4, 0.5) is 0 Å². The van der Waals surface area contributed by atoms with Gasteiger partial charge in [0.25, 0.3) is 0 Å². The fraction of sp³-hybridized carbons (Fsp3) is 0.600. The van der Waals surface area contributed by atoms with Crippen molar-refractivity contribution in [2.75, 3.05) is 0 Å². The number of hydrogen-bond donors (Lipinski definition) is 1. The average molecular weight is 247 g/mol. The highest BCUT2D eigenvalue weighted by atomic mass is 16.4. The van der Waals surface area contributed by atoms with E-state index in [1.165, 1.54) is 0 Å². The van der Waals surface area contributed by atoms with Crippen molar-refractivity contribution in [1.29, 1.82) is 0 Å². The van der Waals surface area contributed by atoms with Gasteiger partial charge in [0.2, 0.25) is 0 Å². The van der Waals surface area contributed by atoms with Gasteiger partial charge in [-0.05, 0) is 24.0 Å². The zero-order valence-electron chi connectivity index (χ0n) is 11.5. The Morgan fingerprint density at radius 1 is 1.56 bits per heavy atom. The fourth-order valence-electron chi connectivity index (χ4n) is 2.89. The van der Waals surface area contributed by atoms with Crippen LogP contribution in [-0.2, 0) is 15.6 Å². The van der Waals surface area contributed by atoms with Crippen LogP contribution in [0.1, 0.15) is 51.8 Å². The van der Waals surface area contributed by atoms with Gasteiger partial charge in [-0.15, -0.1) is 0 Å². The summed E-state index contributed by atoms with van der Waals surface area (Å²) >= 11 is 0. The maximum Gasteiger partial charge on any atom is 0.314 e. The number of carboxylic acid groups (broad SMARTS) is 1. The number of pyridine rings is 1. The summed E-state index contributed by atoms with van der Waals surface area (Å²) in [5, 5.41) is 9.62. The SMILES string of the molecule is CCC1CC1(C(=O)O)c1cccnc1C(C)(C)C. The Hall–Kier alpha value is -1.38. The molecule has 0 aromatic carbocycles. The van der Waals surface area contributed by atoms with Crippen LogP contribution in [0, 0.1) is 5.92 Å². The first-order valence-corrected chi connectivity index (χ1v) is 6.53. The average Bonchev–Trinajstić information content (AvgIpc) is 3.03. The van der Waals surface area contributed by atoms with Crippen molar-refractivity contribution in [3.63, 3.8) is 0 Å². The van der Waals surface area contributed by atoms with Gasteiger partial charge in [-0.25, -0.2) is 0 Å². The zero-order valence-corrected chi connectivity index (χ0v) is 11.5. The van der Waals surface area contributed by atoms with Gasteiger partial charge in [0.15, 0.2) is 0 Å². The highest BCUT2D eigenvalue weighted by Crippen LogP contribution is 2.57. The molecule has 18 heavy (non-hydrogen) atoms. The monoisotopic (exact) mass is 247 g/mol. The molecular formula is C15H21NO2. The molecule has 0 spiro atoms. The molecule has 1 aromatic rings. The lowest BCUT2D eigenvalue weighted by Crippen LogP contribution is -2.28. The Labute approximate surface area is 108 Å². The molecule has 0 amide bonds. The van der Waals surface area contributed by atoms with Crippen molar-refractivity contribution in [2.45, 2.75) is 51.4 Å². The van der Waals surface area contributed by atoms with Crippen LogP contribution in [-0.4, -0.2) is 16.1 Å². The molecule has 98 valence electrons. The molecule has 3 nitrogen and oxygen atoms in total. The van der Waals surface area contributed by atoms with Gasteiger partial charge in [-0.2, -0.15) is 0 Å². The van der Waals surface area contributed by atoms with Crippen molar-refractivity contribution in [2.24, 2.45) is 5.92 Å². The van der Waals surface area contributed by atoms with Crippen LogP contribution >= 0.6 is 0 Å². The lowest BCUT2D eigenvalue weighted by Gasteiger charge is -2.25. The van der Waals surface area contributed by atoms with Gasteiger partial charge in [0, 0.05) is 11.6 Å². The predicted octanol–water partition coefficient (Wildman–Crippen LogP) is 3.13. The minimum absolute atomic E-state index is 0.125. The molecule has 2 rings (SSSR count). The van der Waals surface area contributed by atoms with E-state index < -0.39 is 11.4 Å². The number of rotatable bonds is 3. The molecule has 2 atom stereocenters. The molecule has 0 saturated heterocycles. The van der Waals surface area contributed by atoms with Crippen LogP contribution in [0.3, 0.4) is 0 Å². The van der Waals surface area contributed by atoms with Crippen molar-refractivity contribution in [3.8, 4) is 0 Å². The Bertz CT molecular complexity index is 476. The highest BCUT2D eigenvalue weighted by molar-refractivity contribution is 5.86. The van der Waals surface area contributed by atoms with E-state index in [4.69, 9.17) is 0 Å². The number of nitrogens with zero attached hydrogens (tertiary/aromatic N) is 1. The van der Waals surface area contributed by atoms with Gasteiger partial charge in [-0.3, -0.25) is 9.78 Å². The van der Waals surface area contributed by atoms with Crippen LogP contribution in [0.25, 0.3) is 0 Å². The van der Waals surface area contributed by atoms with Crippen molar-refractivity contribution < 1.29 is 9.90 Å². The first-order valence-electron chi connectivity index (χ1n) is 6.53. The van der Waals surface area contributed by atoms with Gasteiger partial charge in [-0.1, -0.05) is 40.2 Å². The summed E-state index contributed by atoms with van der Waals surface area (Å²) in [7, 11) is 0. The molecule has 3 heteroatoms. The Kier molecular flexibility index (Phi) is 2.96. The normalized spacial score (nSPS) is 27.0. The summed E-state index contributed by atoms with van der Waals surface area (Å²) in [6.45, 7) is 8.30. The molecule has 1 fully saturated rings. The molecule has 1 aromatic heterocycles. The van der Waals surface area contributed by atoms with Crippen LogP contribution in [0.15, 0.2) is 18.3 Å². The molecule has 1 saturated carbocycles. The minimum Gasteiger partial charge on any atom is -0.481 e. The van der Waals surface area contributed by atoms with E-state index in [2.05, 4.69) is 32.7 Å². The summed E-state index contributed by atoms with van der Waals surface area (Å²) in [4.78, 5) is 16.1. The zero-order chi connectivity index (χ0) is 13.6. The van der Waals surface area contributed by atoms with Crippen LogP contribution in [0.2, 0.25) is 0 Å². The van der Waals surface area contributed by atoms with Crippen molar-refractivity contribution >= 4 is 5.97 Å². The summed E-state index contributed by atoms with van der Waals surface area (Å²) in [5.41, 5.74) is 1.02. The summed E-state index contributed by atoms with van der Waals surface area (Å²) in [5.74, 6) is -0.451. The lowest BCUT2D eigenvalue weighted by atomic mass is 9.81. The third-order valence-electron chi connectivity index (χ3n) is 3.98. The van der Waals surface area contributed by atoms with E-state index in [9.17, 15) is 9.90 Å². The molecule has 1 N–H and O–H groups in total. The lowest BCUT2D eigenvalue weighted by molar-refractivity contribution is -0.140. The maximum absolute atomic E-state index is 11.7. The van der Waals surface area contributed by atoms with Gasteiger partial charge < -0.3 is 5.11 Å². The van der Waals surface area contributed by atoms with Gasteiger partial charge in [0.1, 0.15) is 0 Å². The van der Waals surface area contributed by atoms with Crippen LogP contribution in [0.5, 0.6) is 0 Å². The Balaban J connectivity index is 2.55. The van der Waals surface area contributed by atoms with Crippen LogP contribution < -0.4 is 0 Å². The Morgan fingerprint density at radius 2 is 2.22 bits per heavy atom. The van der Waals surface area contributed by atoms with E-state index in [1.807, 2.05) is 12.1 Å². The number of aliphatic carboxylic acids is 1. The van der Waals surface area contributed by atoms with Crippen molar-refractivity contribution in [3.05, 3.63) is 29.6 Å². The number of aromatic nitrogens is 1. The highest BCUT2D eigenvalue weighted by Gasteiger charge is 2.61. The molecular weight excluding hydrogens is 226 g/mol. The summed E-state index contributed by atoms with van der Waals surface area (Å²) < 4.78 is 0. The number of hydrogen-bond acceptors (Lipinski definition) is 2. The molecule has 1 aliphatic carbocycles. The first-order chi connectivity index (χ1) is 8.34. The van der Waals surface area contributed by atoms with Gasteiger partial charge >= 0.3 is 5.97 Å². The van der Waals surface area contributed by atoms with E-state index >= 15 is 0 Å². The third-order valence-corrected chi connectivity index (χ3v) is 3.98. The first kappa shape index (κ1) is 13.1. The molecule has 0 bridgehead atoms. The predicted molar refractivity (Wildman–Crippen MR) is 70.6 cm³/mol. The largest absolute Gasteiger partial charge is 0.481 e. The van der Waals surface area contributed by atoms with E-state index in [-0.39, 0.29) is 11.3 Å². The smallest absolute Gasteiger partial charge is 0.314 e. The molecule has 1 aliphatic rings. The van der Waals surface area contributed by atoms with Gasteiger partial charge in [0.05, 0.1) is 11.1 Å². The Morgan fingerprint density at radius 3 is 2.67 bits per heavy atom. The van der Waals surface area contributed by atoms with Crippen molar-refractivity contribution in [1.82, 2.24) is 4.98 Å². The summed E-state index contributed by atoms with van der Waals surface area (Å²) in [6, 6.07) is 3.79.